The van der Waals surface area contributed by atoms with Crippen molar-refractivity contribution in [3.05, 3.63) is 217 Å². The van der Waals surface area contributed by atoms with Crippen molar-refractivity contribution in [1.82, 2.24) is 19.9 Å². The number of hydrogen-bond acceptors (Lipinski definition) is 5. The molecule has 0 bridgehead atoms. The van der Waals surface area contributed by atoms with Crippen molar-refractivity contribution in [3.8, 4) is 79.0 Å². The van der Waals surface area contributed by atoms with Gasteiger partial charge in [0.2, 0.25) is 0 Å². The topological polar surface area (TPSA) is 60.8 Å². The molecule has 0 radical (unpaired) electrons. The molecule has 1 aliphatic heterocycles. The summed E-state index contributed by atoms with van der Waals surface area (Å²) in [5.41, 5.74) is 13.3. The molecule has 2 aliphatic rings. The predicted molar refractivity (Wildman–Crippen MR) is 222 cm³/mol. The number of aromatic nitrogens is 4. The van der Waals surface area contributed by atoms with Gasteiger partial charge in [0, 0.05) is 45.8 Å². The second-order valence-corrected chi connectivity index (χ2v) is 14.2. The highest BCUT2D eigenvalue weighted by Crippen LogP contribution is 2.63. The van der Waals surface area contributed by atoms with E-state index in [1.54, 1.807) is 6.20 Å². The zero-order valence-corrected chi connectivity index (χ0v) is 30.2. The molecule has 0 atom stereocenters. The van der Waals surface area contributed by atoms with Crippen LogP contribution in [-0.2, 0) is 5.41 Å². The van der Waals surface area contributed by atoms with Crippen LogP contribution in [0.15, 0.2) is 194 Å². The van der Waals surface area contributed by atoms with E-state index >= 15 is 0 Å². The van der Waals surface area contributed by atoms with E-state index in [4.69, 9.17) is 19.7 Å². The molecule has 2 aromatic heterocycles. The number of pyridine rings is 1. The molecule has 0 amide bonds. The number of rotatable bonds is 5. The van der Waals surface area contributed by atoms with Gasteiger partial charge in [-0.3, -0.25) is 4.98 Å². The number of benzene rings is 7. The largest absolute Gasteiger partial charge is 0.457 e. The second kappa shape index (κ2) is 12.8. The molecule has 0 saturated carbocycles. The van der Waals surface area contributed by atoms with E-state index in [0.717, 1.165) is 72.7 Å². The monoisotopic (exact) mass is 716 g/mol. The first kappa shape index (κ1) is 32.0. The minimum absolute atomic E-state index is 0.606. The van der Waals surface area contributed by atoms with Crippen LogP contribution in [0.1, 0.15) is 22.3 Å². The van der Waals surface area contributed by atoms with Crippen molar-refractivity contribution in [2.24, 2.45) is 0 Å². The highest BCUT2D eigenvalue weighted by Gasteiger charge is 2.52. The third kappa shape index (κ3) is 4.95. The summed E-state index contributed by atoms with van der Waals surface area (Å²) < 4.78 is 6.63. The van der Waals surface area contributed by atoms with Crippen LogP contribution in [-0.4, -0.2) is 19.9 Å². The van der Waals surface area contributed by atoms with Gasteiger partial charge in [0.1, 0.15) is 11.5 Å². The number of fused-ring (bicyclic) bond motifs is 9. The molecule has 11 rings (SSSR count). The summed E-state index contributed by atoms with van der Waals surface area (Å²) in [4.78, 5) is 20.2. The lowest BCUT2D eigenvalue weighted by molar-refractivity contribution is 0.436. The van der Waals surface area contributed by atoms with Gasteiger partial charge in [-0.2, -0.15) is 0 Å². The lowest BCUT2D eigenvalue weighted by atomic mass is 9.65. The van der Waals surface area contributed by atoms with E-state index < -0.39 is 5.41 Å². The Bertz CT molecular complexity index is 2910. The Labute approximate surface area is 324 Å². The van der Waals surface area contributed by atoms with Crippen LogP contribution >= 0.6 is 0 Å². The summed E-state index contributed by atoms with van der Waals surface area (Å²) in [5, 5.41) is 0. The Hall–Kier alpha value is -7.50. The summed E-state index contributed by atoms with van der Waals surface area (Å²) in [5.74, 6) is 3.52. The maximum atomic E-state index is 6.63. The zero-order valence-electron chi connectivity index (χ0n) is 30.2. The van der Waals surface area contributed by atoms with Crippen LogP contribution in [0.3, 0.4) is 0 Å². The van der Waals surface area contributed by atoms with Crippen LogP contribution < -0.4 is 4.74 Å². The quantitative estimate of drug-likeness (QED) is 0.177. The molecule has 5 heteroatoms. The van der Waals surface area contributed by atoms with E-state index in [1.165, 1.54) is 11.1 Å². The Balaban J connectivity index is 1.15. The Kier molecular flexibility index (Phi) is 7.32. The fourth-order valence-corrected chi connectivity index (χ4v) is 8.69. The van der Waals surface area contributed by atoms with Gasteiger partial charge < -0.3 is 4.74 Å². The van der Waals surface area contributed by atoms with Crippen LogP contribution in [0.2, 0.25) is 0 Å². The Morgan fingerprint density at radius 3 is 1.57 bits per heavy atom. The fourth-order valence-electron chi connectivity index (χ4n) is 8.69. The van der Waals surface area contributed by atoms with E-state index in [1.807, 2.05) is 42.6 Å². The van der Waals surface area contributed by atoms with Crippen molar-refractivity contribution >= 4 is 0 Å². The SMILES string of the molecule is c1ccc(-c2nc(-c3cccc(-c4cccc(-c5cccnc5)c4)c3)nc(-c3cccc4c3C3(c5ccccc5Oc5ccccc53)c3ccccc3-4)n2)cc1. The molecule has 0 N–H and O–H groups in total. The summed E-state index contributed by atoms with van der Waals surface area (Å²) in [6.45, 7) is 0. The van der Waals surface area contributed by atoms with Gasteiger partial charge in [-0.05, 0) is 69.3 Å². The standard InChI is InChI=1S/C51H32N4O/c1-2-14-33(15-3-1)48-53-49(37-19-11-17-35(31-37)34-16-10-18-36(30-34)38-20-13-29-52-32-38)55-50(54-48)41-23-12-22-40-39-21-4-5-24-42(39)51(47(40)41)43-25-6-8-27-45(43)56-46-28-9-7-26-44(46)51/h1-32H. The predicted octanol–water partition coefficient (Wildman–Crippen LogP) is 12.1. The maximum Gasteiger partial charge on any atom is 0.164 e. The fraction of sp³-hybridized carbons (Fsp3) is 0.0196. The molecular formula is C51H32N4O. The van der Waals surface area contributed by atoms with Gasteiger partial charge in [0.15, 0.2) is 17.5 Å². The molecule has 3 heterocycles. The van der Waals surface area contributed by atoms with E-state index in [-0.39, 0.29) is 0 Å². The van der Waals surface area contributed by atoms with Crippen molar-refractivity contribution in [2.75, 3.05) is 0 Å². The average molecular weight is 717 g/mol. The molecule has 262 valence electrons. The van der Waals surface area contributed by atoms with Crippen LogP contribution in [0.4, 0.5) is 0 Å². The van der Waals surface area contributed by atoms with Gasteiger partial charge in [0.25, 0.3) is 0 Å². The average Bonchev–Trinajstić information content (AvgIpc) is 3.58. The van der Waals surface area contributed by atoms with Gasteiger partial charge in [0.05, 0.1) is 5.41 Å². The summed E-state index contributed by atoms with van der Waals surface area (Å²) in [6.07, 6.45) is 3.70. The number of hydrogen-bond donors (Lipinski definition) is 0. The third-order valence-electron chi connectivity index (χ3n) is 11.1. The smallest absolute Gasteiger partial charge is 0.164 e. The summed E-state index contributed by atoms with van der Waals surface area (Å²) in [7, 11) is 0. The molecule has 1 aliphatic carbocycles. The molecule has 9 aromatic rings. The normalized spacial score (nSPS) is 12.9. The van der Waals surface area contributed by atoms with Gasteiger partial charge in [-0.15, -0.1) is 0 Å². The number of para-hydroxylation sites is 2. The zero-order chi connectivity index (χ0) is 37.1. The Morgan fingerprint density at radius 2 is 0.857 bits per heavy atom. The number of ether oxygens (including phenoxy) is 1. The lowest BCUT2D eigenvalue weighted by Gasteiger charge is -2.40. The first-order valence-electron chi connectivity index (χ1n) is 18.8. The molecule has 0 unspecified atom stereocenters. The molecule has 7 aromatic carbocycles. The third-order valence-corrected chi connectivity index (χ3v) is 11.1. The minimum Gasteiger partial charge on any atom is -0.457 e. The number of nitrogens with zero attached hydrogens (tertiary/aromatic N) is 4. The van der Waals surface area contributed by atoms with Gasteiger partial charge in [-0.25, -0.2) is 15.0 Å². The van der Waals surface area contributed by atoms with E-state index in [9.17, 15) is 0 Å². The van der Waals surface area contributed by atoms with Crippen molar-refractivity contribution in [2.45, 2.75) is 5.41 Å². The highest BCUT2D eigenvalue weighted by atomic mass is 16.5. The summed E-state index contributed by atoms with van der Waals surface area (Å²) in [6, 6.07) is 63.4. The van der Waals surface area contributed by atoms with E-state index in [0.29, 0.717) is 17.5 Å². The maximum absolute atomic E-state index is 6.63. The van der Waals surface area contributed by atoms with Crippen LogP contribution in [0.5, 0.6) is 11.5 Å². The molecule has 56 heavy (non-hydrogen) atoms. The van der Waals surface area contributed by atoms with Crippen molar-refractivity contribution < 1.29 is 4.74 Å². The molecule has 5 nitrogen and oxygen atoms in total. The minimum atomic E-state index is -0.674. The van der Waals surface area contributed by atoms with E-state index in [2.05, 4.69) is 151 Å². The van der Waals surface area contributed by atoms with Crippen molar-refractivity contribution in [3.63, 3.8) is 0 Å². The van der Waals surface area contributed by atoms with Gasteiger partial charge >= 0.3 is 0 Å². The van der Waals surface area contributed by atoms with Crippen molar-refractivity contribution in [1.29, 1.82) is 0 Å². The molecular weight excluding hydrogens is 685 g/mol. The first-order valence-corrected chi connectivity index (χ1v) is 18.8. The summed E-state index contributed by atoms with van der Waals surface area (Å²) >= 11 is 0. The molecule has 0 saturated heterocycles. The second-order valence-electron chi connectivity index (χ2n) is 14.2. The molecule has 1 spiro atoms. The highest BCUT2D eigenvalue weighted by molar-refractivity contribution is 5.93. The molecule has 0 fully saturated rings. The first-order chi connectivity index (χ1) is 27.8. The van der Waals surface area contributed by atoms with Gasteiger partial charge in [-0.1, -0.05) is 152 Å². The van der Waals surface area contributed by atoms with Crippen LogP contribution in [0.25, 0.3) is 67.5 Å². The Morgan fingerprint density at radius 1 is 0.357 bits per heavy atom. The lowest BCUT2D eigenvalue weighted by Crippen LogP contribution is -2.32. The van der Waals surface area contributed by atoms with Crippen LogP contribution in [0, 0.1) is 0 Å².